The smallest absolute Gasteiger partial charge is 0.354 e. The Bertz CT molecular complexity index is 452. The molecular formula is C8H6N4O2. The summed E-state index contributed by atoms with van der Waals surface area (Å²) in [4.78, 5) is 18.3. The molecule has 2 heterocycles. The lowest BCUT2D eigenvalue weighted by molar-refractivity contribution is 0.0690. The zero-order valence-electron chi connectivity index (χ0n) is 7.03. The van der Waals surface area contributed by atoms with Crippen LogP contribution < -0.4 is 0 Å². The van der Waals surface area contributed by atoms with Gasteiger partial charge in [-0.1, -0.05) is 0 Å². The highest BCUT2D eigenvalue weighted by molar-refractivity contribution is 5.85. The summed E-state index contributed by atoms with van der Waals surface area (Å²) < 4.78 is 1.40. The van der Waals surface area contributed by atoms with Crippen LogP contribution in [0.2, 0.25) is 0 Å². The number of aromatic carboxylic acids is 1. The standard InChI is InChI=1S/C8H6N4O2/c13-7(14)6-2-4-9-8(11-6)12-5-1-3-10-12/h1-5H,(H,13,14). The Hall–Kier alpha value is -2.24. The van der Waals surface area contributed by atoms with E-state index in [9.17, 15) is 4.79 Å². The van der Waals surface area contributed by atoms with E-state index < -0.39 is 5.97 Å². The number of hydrogen-bond acceptors (Lipinski definition) is 4. The number of hydrogen-bond donors (Lipinski definition) is 1. The van der Waals surface area contributed by atoms with E-state index in [4.69, 9.17) is 5.11 Å². The van der Waals surface area contributed by atoms with Gasteiger partial charge in [-0.25, -0.2) is 19.4 Å². The van der Waals surface area contributed by atoms with Crippen LogP contribution in [0.3, 0.4) is 0 Å². The van der Waals surface area contributed by atoms with Gasteiger partial charge in [-0.3, -0.25) is 0 Å². The number of nitrogens with zero attached hydrogens (tertiary/aromatic N) is 4. The first-order valence-electron chi connectivity index (χ1n) is 3.84. The molecule has 2 aromatic rings. The zero-order valence-corrected chi connectivity index (χ0v) is 7.03. The first-order valence-corrected chi connectivity index (χ1v) is 3.84. The van der Waals surface area contributed by atoms with Gasteiger partial charge in [0.2, 0.25) is 0 Å². The van der Waals surface area contributed by atoms with Crippen molar-refractivity contribution in [1.29, 1.82) is 0 Å². The molecule has 0 saturated heterocycles. The van der Waals surface area contributed by atoms with Gasteiger partial charge in [-0.15, -0.1) is 0 Å². The van der Waals surface area contributed by atoms with Crippen molar-refractivity contribution in [2.45, 2.75) is 0 Å². The highest BCUT2D eigenvalue weighted by Gasteiger charge is 2.06. The maximum Gasteiger partial charge on any atom is 0.354 e. The lowest BCUT2D eigenvalue weighted by Gasteiger charge is -1.98. The number of carboxylic acids is 1. The lowest BCUT2D eigenvalue weighted by Crippen LogP contribution is -2.07. The second kappa shape index (κ2) is 3.25. The number of aromatic nitrogens is 4. The molecule has 2 rings (SSSR count). The third-order valence-corrected chi connectivity index (χ3v) is 1.57. The van der Waals surface area contributed by atoms with Crippen molar-refractivity contribution in [2.24, 2.45) is 0 Å². The van der Waals surface area contributed by atoms with Crippen LogP contribution in [0.4, 0.5) is 0 Å². The molecule has 0 aromatic carbocycles. The van der Waals surface area contributed by atoms with Crippen LogP contribution in [-0.4, -0.2) is 30.8 Å². The summed E-state index contributed by atoms with van der Waals surface area (Å²) in [5, 5.41) is 12.6. The first-order chi connectivity index (χ1) is 6.77. The van der Waals surface area contributed by atoms with Gasteiger partial charge in [-0.2, -0.15) is 5.10 Å². The van der Waals surface area contributed by atoms with Crippen LogP contribution in [0.15, 0.2) is 30.7 Å². The molecule has 0 spiro atoms. The van der Waals surface area contributed by atoms with E-state index in [2.05, 4.69) is 15.1 Å². The SMILES string of the molecule is O=C(O)c1ccnc(-n2cccn2)n1. The minimum atomic E-state index is -1.08. The predicted molar refractivity (Wildman–Crippen MR) is 46.1 cm³/mol. The largest absolute Gasteiger partial charge is 0.477 e. The van der Waals surface area contributed by atoms with Gasteiger partial charge in [0.25, 0.3) is 5.95 Å². The molecule has 0 fully saturated rings. The Balaban J connectivity index is 2.46. The highest BCUT2D eigenvalue weighted by Crippen LogP contribution is 2.00. The third-order valence-electron chi connectivity index (χ3n) is 1.57. The van der Waals surface area contributed by atoms with E-state index in [1.165, 1.54) is 16.9 Å². The average Bonchev–Trinajstić information content (AvgIpc) is 2.71. The molecule has 0 radical (unpaired) electrons. The molecule has 0 bridgehead atoms. The van der Waals surface area contributed by atoms with E-state index in [-0.39, 0.29) is 11.6 Å². The van der Waals surface area contributed by atoms with Crippen LogP contribution >= 0.6 is 0 Å². The van der Waals surface area contributed by atoms with E-state index in [0.29, 0.717) is 0 Å². The fourth-order valence-corrected chi connectivity index (χ4v) is 0.965. The summed E-state index contributed by atoms with van der Waals surface area (Å²) in [6, 6.07) is 3.03. The second-order valence-corrected chi connectivity index (χ2v) is 2.50. The molecule has 1 N–H and O–H groups in total. The van der Waals surface area contributed by atoms with Crippen LogP contribution in [0.1, 0.15) is 10.5 Å². The molecular weight excluding hydrogens is 184 g/mol. The Kier molecular flexibility index (Phi) is 1.94. The molecule has 70 valence electrons. The van der Waals surface area contributed by atoms with Crippen molar-refractivity contribution in [3.63, 3.8) is 0 Å². The molecule has 0 aliphatic rings. The number of rotatable bonds is 2. The van der Waals surface area contributed by atoms with Crippen molar-refractivity contribution < 1.29 is 9.90 Å². The predicted octanol–water partition coefficient (Wildman–Crippen LogP) is 0.360. The van der Waals surface area contributed by atoms with E-state index >= 15 is 0 Å². The molecule has 0 amide bonds. The fourth-order valence-electron chi connectivity index (χ4n) is 0.965. The van der Waals surface area contributed by atoms with E-state index in [0.717, 1.165) is 0 Å². The minimum absolute atomic E-state index is 0.0505. The van der Waals surface area contributed by atoms with Crippen molar-refractivity contribution in [2.75, 3.05) is 0 Å². The first kappa shape index (κ1) is 8.36. The monoisotopic (exact) mass is 190 g/mol. The van der Waals surface area contributed by atoms with Crippen molar-refractivity contribution in [3.8, 4) is 5.95 Å². The van der Waals surface area contributed by atoms with Crippen LogP contribution in [0.5, 0.6) is 0 Å². The maximum atomic E-state index is 10.6. The molecule has 2 aromatic heterocycles. The van der Waals surface area contributed by atoms with E-state index in [1.54, 1.807) is 18.5 Å². The molecule has 0 saturated carbocycles. The van der Waals surface area contributed by atoms with Gasteiger partial charge in [-0.05, 0) is 12.1 Å². The molecule has 0 aliphatic carbocycles. The molecule has 0 unspecified atom stereocenters. The Morgan fingerprint density at radius 2 is 2.29 bits per heavy atom. The zero-order chi connectivity index (χ0) is 9.97. The van der Waals surface area contributed by atoms with E-state index in [1.807, 2.05) is 0 Å². The van der Waals surface area contributed by atoms with Crippen molar-refractivity contribution in [3.05, 3.63) is 36.4 Å². The third kappa shape index (κ3) is 1.45. The fraction of sp³-hybridized carbons (Fsp3) is 0. The molecule has 0 aliphatic heterocycles. The Labute approximate surface area is 78.9 Å². The van der Waals surface area contributed by atoms with Gasteiger partial charge in [0.15, 0.2) is 5.69 Å². The average molecular weight is 190 g/mol. The quantitative estimate of drug-likeness (QED) is 0.739. The molecule has 14 heavy (non-hydrogen) atoms. The summed E-state index contributed by atoms with van der Waals surface area (Å²) in [6.07, 6.45) is 4.59. The Morgan fingerprint density at radius 3 is 2.93 bits per heavy atom. The summed E-state index contributed by atoms with van der Waals surface area (Å²) in [6.45, 7) is 0. The van der Waals surface area contributed by atoms with Crippen molar-refractivity contribution in [1.82, 2.24) is 19.7 Å². The number of carboxylic acid groups (broad SMARTS) is 1. The molecule has 6 heteroatoms. The normalized spacial score (nSPS) is 10.0. The maximum absolute atomic E-state index is 10.6. The van der Waals surface area contributed by atoms with Gasteiger partial charge < -0.3 is 5.11 Å². The van der Waals surface area contributed by atoms with Crippen LogP contribution in [0, 0.1) is 0 Å². The summed E-state index contributed by atoms with van der Waals surface area (Å²) in [5.74, 6) is -0.837. The van der Waals surface area contributed by atoms with Crippen molar-refractivity contribution >= 4 is 5.97 Å². The second-order valence-electron chi connectivity index (χ2n) is 2.50. The topological polar surface area (TPSA) is 80.9 Å². The lowest BCUT2D eigenvalue weighted by atomic mass is 10.4. The summed E-state index contributed by atoms with van der Waals surface area (Å²) >= 11 is 0. The van der Waals surface area contributed by atoms with Gasteiger partial charge in [0.05, 0.1) is 0 Å². The highest BCUT2D eigenvalue weighted by atomic mass is 16.4. The van der Waals surface area contributed by atoms with Gasteiger partial charge in [0, 0.05) is 18.6 Å². The summed E-state index contributed by atoms with van der Waals surface area (Å²) in [7, 11) is 0. The molecule has 0 atom stereocenters. The number of carbonyl (C=O) groups is 1. The minimum Gasteiger partial charge on any atom is -0.477 e. The van der Waals surface area contributed by atoms with Gasteiger partial charge in [0.1, 0.15) is 0 Å². The molecule has 6 nitrogen and oxygen atoms in total. The van der Waals surface area contributed by atoms with Crippen LogP contribution in [-0.2, 0) is 0 Å². The van der Waals surface area contributed by atoms with Crippen LogP contribution in [0.25, 0.3) is 5.95 Å². The summed E-state index contributed by atoms with van der Waals surface area (Å²) in [5.41, 5.74) is -0.0505. The Morgan fingerprint density at radius 1 is 1.43 bits per heavy atom. The van der Waals surface area contributed by atoms with Gasteiger partial charge >= 0.3 is 5.97 Å².